The topological polar surface area (TPSA) is 80.9 Å². The quantitative estimate of drug-likeness (QED) is 0.154. The van der Waals surface area contributed by atoms with Crippen molar-refractivity contribution >= 4 is 18.7 Å². The molecule has 2 saturated heterocycles. The number of allylic oxidation sites excluding steroid dienone is 1. The van der Waals surface area contributed by atoms with Crippen molar-refractivity contribution in [2.75, 3.05) is 7.11 Å². The molecule has 0 bridgehead atoms. The number of benzene rings is 2. The van der Waals surface area contributed by atoms with Gasteiger partial charge in [-0.15, -0.1) is 0 Å². The molecule has 2 fully saturated rings. The Labute approximate surface area is 292 Å². The van der Waals surface area contributed by atoms with Gasteiger partial charge in [-0.3, -0.25) is 0 Å². The number of rotatable bonds is 15. The van der Waals surface area contributed by atoms with Crippen LogP contribution in [0, 0.1) is 23.2 Å². The standard InChI is InChI=1S/C41H61NO5Si/c1-30(2)15-14-16-32(43)25-33-22-21-31(3)40(46-33)29-35(44-7)27-36-28-37(26-34(45-36)23-24-42)47-48(41(4,5)6,38-17-10-8-11-18-38)39-19-12-9-13-20-39/h8-14,16-20,30-37,40,43H,15,21-23,25-29H2,1-7H3/b16-14+/t31-,32?,33-,34-,35-,36+,37-,40+/m0/s1. The summed E-state index contributed by atoms with van der Waals surface area (Å²) in [4.78, 5) is 0. The van der Waals surface area contributed by atoms with Crippen molar-refractivity contribution in [3.05, 3.63) is 72.8 Å². The molecule has 2 aromatic carbocycles. The van der Waals surface area contributed by atoms with Crippen LogP contribution in [0.4, 0.5) is 0 Å². The summed E-state index contributed by atoms with van der Waals surface area (Å²) in [6.07, 6.45) is 10.2. The molecule has 264 valence electrons. The summed E-state index contributed by atoms with van der Waals surface area (Å²) in [6.45, 7) is 13.6. The van der Waals surface area contributed by atoms with Crippen LogP contribution in [0.1, 0.15) is 99.3 Å². The number of nitrogens with zero attached hydrogens (tertiary/aromatic N) is 1. The third-order valence-electron chi connectivity index (χ3n) is 10.3. The van der Waals surface area contributed by atoms with Gasteiger partial charge in [0.15, 0.2) is 0 Å². The molecule has 0 saturated carbocycles. The first-order chi connectivity index (χ1) is 22.9. The van der Waals surface area contributed by atoms with Gasteiger partial charge in [0.2, 0.25) is 0 Å². The van der Waals surface area contributed by atoms with Crippen molar-refractivity contribution in [1.29, 1.82) is 5.26 Å². The number of hydrogen-bond donors (Lipinski definition) is 1. The largest absolute Gasteiger partial charge is 0.404 e. The van der Waals surface area contributed by atoms with Gasteiger partial charge in [-0.05, 0) is 65.8 Å². The molecule has 0 spiro atoms. The third kappa shape index (κ3) is 10.4. The number of ether oxygens (including phenoxy) is 3. The van der Waals surface area contributed by atoms with E-state index < -0.39 is 14.4 Å². The van der Waals surface area contributed by atoms with E-state index in [1.165, 1.54) is 10.4 Å². The Kier molecular flexibility index (Phi) is 14.5. The summed E-state index contributed by atoms with van der Waals surface area (Å²) in [5, 5.41) is 22.7. The van der Waals surface area contributed by atoms with E-state index in [2.05, 4.69) is 114 Å². The van der Waals surface area contributed by atoms with Crippen LogP contribution in [0.25, 0.3) is 0 Å². The Morgan fingerprint density at radius 2 is 1.54 bits per heavy atom. The SMILES string of the molecule is CO[C@@H](C[C@@H]1C[C@@H](O[Si](c2ccccc2)(c2ccccc2)C(C)(C)C)C[C@H](CC#N)O1)C[C@H]1O[C@H](CC(O)/C=C/CC(C)C)CC[C@@H]1C. The molecule has 2 aliphatic rings. The van der Waals surface area contributed by atoms with Gasteiger partial charge in [0.05, 0.1) is 55.2 Å². The fourth-order valence-electron chi connectivity index (χ4n) is 7.73. The number of aliphatic hydroxyl groups excluding tert-OH is 1. The van der Waals surface area contributed by atoms with E-state index in [0.29, 0.717) is 31.1 Å². The zero-order valence-electron chi connectivity index (χ0n) is 30.5. The summed E-state index contributed by atoms with van der Waals surface area (Å²) in [5.41, 5.74) is 0. The van der Waals surface area contributed by atoms with Crippen molar-refractivity contribution in [3.8, 4) is 6.07 Å². The van der Waals surface area contributed by atoms with Gasteiger partial charge in [0.25, 0.3) is 8.32 Å². The highest BCUT2D eigenvalue weighted by molar-refractivity contribution is 6.99. The van der Waals surface area contributed by atoms with Crippen LogP contribution in [-0.4, -0.2) is 63.3 Å². The lowest BCUT2D eigenvalue weighted by Crippen LogP contribution is -2.68. The fourth-order valence-corrected chi connectivity index (χ4v) is 12.4. The first kappa shape index (κ1) is 38.5. The molecule has 0 radical (unpaired) electrons. The normalized spacial score (nSPS) is 26.8. The lowest BCUT2D eigenvalue weighted by atomic mass is 9.87. The number of nitriles is 1. The third-order valence-corrected chi connectivity index (χ3v) is 15.4. The van der Waals surface area contributed by atoms with Gasteiger partial charge >= 0.3 is 0 Å². The smallest absolute Gasteiger partial charge is 0.261 e. The van der Waals surface area contributed by atoms with Crippen molar-refractivity contribution in [2.24, 2.45) is 11.8 Å². The van der Waals surface area contributed by atoms with E-state index in [9.17, 15) is 10.4 Å². The molecule has 0 aliphatic carbocycles. The number of hydrogen-bond acceptors (Lipinski definition) is 6. The van der Waals surface area contributed by atoms with E-state index in [1.807, 2.05) is 6.08 Å². The first-order valence-corrected chi connectivity index (χ1v) is 20.2. The fraction of sp³-hybridized carbons (Fsp3) is 0.634. The molecule has 7 heteroatoms. The zero-order chi connectivity index (χ0) is 34.7. The van der Waals surface area contributed by atoms with Crippen molar-refractivity contribution in [1.82, 2.24) is 0 Å². The van der Waals surface area contributed by atoms with E-state index in [0.717, 1.165) is 38.5 Å². The Morgan fingerprint density at radius 1 is 0.917 bits per heavy atom. The Bertz CT molecular complexity index is 1250. The van der Waals surface area contributed by atoms with E-state index >= 15 is 0 Å². The second-order valence-electron chi connectivity index (χ2n) is 15.7. The van der Waals surface area contributed by atoms with Crippen LogP contribution in [0.15, 0.2) is 72.8 Å². The van der Waals surface area contributed by atoms with Gasteiger partial charge in [0.1, 0.15) is 0 Å². The van der Waals surface area contributed by atoms with Crippen molar-refractivity contribution in [3.63, 3.8) is 0 Å². The van der Waals surface area contributed by atoms with Crippen LogP contribution >= 0.6 is 0 Å². The minimum atomic E-state index is -2.76. The van der Waals surface area contributed by atoms with Crippen LogP contribution in [0.5, 0.6) is 0 Å². The van der Waals surface area contributed by atoms with Crippen molar-refractivity contribution < 1.29 is 23.7 Å². The molecule has 4 rings (SSSR count). The monoisotopic (exact) mass is 675 g/mol. The predicted octanol–water partition coefficient (Wildman–Crippen LogP) is 7.73. The summed E-state index contributed by atoms with van der Waals surface area (Å²) in [6, 6.07) is 23.9. The van der Waals surface area contributed by atoms with Gasteiger partial charge in [-0.25, -0.2) is 0 Å². The maximum Gasteiger partial charge on any atom is 0.261 e. The summed E-state index contributed by atoms with van der Waals surface area (Å²) >= 11 is 0. The Morgan fingerprint density at radius 3 is 2.10 bits per heavy atom. The maximum atomic E-state index is 10.6. The molecule has 2 aromatic rings. The van der Waals surface area contributed by atoms with Crippen LogP contribution in [-0.2, 0) is 18.6 Å². The molecule has 2 aliphatic heterocycles. The van der Waals surface area contributed by atoms with Gasteiger partial charge in [-0.1, -0.05) is 114 Å². The van der Waals surface area contributed by atoms with E-state index in [-0.39, 0.29) is 41.7 Å². The molecule has 6 nitrogen and oxygen atoms in total. The molecule has 48 heavy (non-hydrogen) atoms. The van der Waals surface area contributed by atoms with Crippen LogP contribution < -0.4 is 10.4 Å². The lowest BCUT2D eigenvalue weighted by molar-refractivity contribution is -0.128. The minimum absolute atomic E-state index is 0.0394. The van der Waals surface area contributed by atoms with E-state index in [4.69, 9.17) is 18.6 Å². The van der Waals surface area contributed by atoms with Crippen LogP contribution in [0.2, 0.25) is 5.04 Å². The molecular formula is C41H61NO5Si. The predicted molar refractivity (Wildman–Crippen MR) is 197 cm³/mol. The Balaban J connectivity index is 1.49. The maximum absolute atomic E-state index is 10.6. The summed E-state index contributed by atoms with van der Waals surface area (Å²) in [7, 11) is -0.979. The summed E-state index contributed by atoms with van der Waals surface area (Å²) < 4.78 is 26.9. The second kappa shape index (κ2) is 18.1. The highest BCUT2D eigenvalue weighted by Crippen LogP contribution is 2.40. The van der Waals surface area contributed by atoms with E-state index in [1.54, 1.807) is 7.11 Å². The molecule has 2 heterocycles. The lowest BCUT2D eigenvalue weighted by Gasteiger charge is -2.47. The highest BCUT2D eigenvalue weighted by atomic mass is 28.4. The van der Waals surface area contributed by atoms with Gasteiger partial charge in [0, 0.05) is 20.0 Å². The molecule has 0 aromatic heterocycles. The van der Waals surface area contributed by atoms with Gasteiger partial charge in [-0.2, -0.15) is 5.26 Å². The second-order valence-corrected chi connectivity index (χ2v) is 19.9. The molecule has 8 atom stereocenters. The Hall–Kier alpha value is -2.31. The first-order valence-electron chi connectivity index (χ1n) is 18.3. The summed E-state index contributed by atoms with van der Waals surface area (Å²) in [5.74, 6) is 0.994. The van der Waals surface area contributed by atoms with Gasteiger partial charge < -0.3 is 23.7 Å². The molecule has 1 unspecified atom stereocenters. The highest BCUT2D eigenvalue weighted by Gasteiger charge is 2.52. The molecule has 1 N–H and O–H groups in total. The molecule has 0 amide bonds. The van der Waals surface area contributed by atoms with Crippen molar-refractivity contribution in [2.45, 2.75) is 147 Å². The van der Waals surface area contributed by atoms with Crippen LogP contribution in [0.3, 0.4) is 0 Å². The number of aliphatic hydroxyl groups is 1. The molecular weight excluding hydrogens is 615 g/mol. The number of methoxy groups -OCH3 is 1. The average Bonchev–Trinajstić information content (AvgIpc) is 3.05. The zero-order valence-corrected chi connectivity index (χ0v) is 31.5. The average molecular weight is 676 g/mol. The minimum Gasteiger partial charge on any atom is -0.404 e.